The minimum absolute atomic E-state index is 0.0211. The van der Waals surface area contributed by atoms with Gasteiger partial charge in [-0.15, -0.1) is 0 Å². The SMILES string of the molecule is O=C(O)CC1CC(c2ccc(C(F)(F)F)cc2)CN(Cc2ccccc2)C1. The van der Waals surface area contributed by atoms with Crippen molar-refractivity contribution in [2.45, 2.75) is 31.5 Å². The van der Waals surface area contributed by atoms with E-state index in [1.807, 2.05) is 30.3 Å². The summed E-state index contributed by atoms with van der Waals surface area (Å²) in [4.78, 5) is 13.4. The van der Waals surface area contributed by atoms with Crippen LogP contribution in [0.1, 0.15) is 35.4 Å². The van der Waals surface area contributed by atoms with Crippen molar-refractivity contribution >= 4 is 5.97 Å². The second-order valence-electron chi connectivity index (χ2n) is 7.20. The van der Waals surface area contributed by atoms with Crippen molar-refractivity contribution in [3.63, 3.8) is 0 Å². The molecule has 144 valence electrons. The monoisotopic (exact) mass is 377 g/mol. The van der Waals surface area contributed by atoms with Crippen molar-refractivity contribution in [2.75, 3.05) is 13.1 Å². The molecule has 3 rings (SSSR count). The van der Waals surface area contributed by atoms with Gasteiger partial charge in [0.1, 0.15) is 0 Å². The van der Waals surface area contributed by atoms with Gasteiger partial charge in [0.15, 0.2) is 0 Å². The lowest BCUT2D eigenvalue weighted by Crippen LogP contribution is -2.39. The Kier molecular flexibility index (Phi) is 5.85. The van der Waals surface area contributed by atoms with Gasteiger partial charge in [0.05, 0.1) is 5.56 Å². The molecule has 1 fully saturated rings. The van der Waals surface area contributed by atoms with E-state index < -0.39 is 17.7 Å². The Bertz CT molecular complexity index is 759. The lowest BCUT2D eigenvalue weighted by Gasteiger charge is -2.37. The van der Waals surface area contributed by atoms with Gasteiger partial charge in [0.2, 0.25) is 0 Å². The van der Waals surface area contributed by atoms with Crippen LogP contribution in [0.25, 0.3) is 0 Å². The number of nitrogens with zero attached hydrogens (tertiary/aromatic N) is 1. The fourth-order valence-corrected chi connectivity index (χ4v) is 3.85. The highest BCUT2D eigenvalue weighted by Gasteiger charge is 2.32. The smallest absolute Gasteiger partial charge is 0.416 e. The third kappa shape index (κ3) is 5.32. The predicted octanol–water partition coefficient (Wildman–Crippen LogP) is 4.79. The number of likely N-dealkylation sites (tertiary alicyclic amines) is 1. The van der Waals surface area contributed by atoms with E-state index in [0.717, 1.165) is 23.3 Å². The van der Waals surface area contributed by atoms with E-state index in [1.165, 1.54) is 12.1 Å². The summed E-state index contributed by atoms with van der Waals surface area (Å²) in [6, 6.07) is 15.2. The first kappa shape index (κ1) is 19.4. The summed E-state index contributed by atoms with van der Waals surface area (Å²) in [6.45, 7) is 2.09. The van der Waals surface area contributed by atoms with Gasteiger partial charge in [-0.1, -0.05) is 42.5 Å². The van der Waals surface area contributed by atoms with Gasteiger partial charge in [0, 0.05) is 26.1 Å². The average Bonchev–Trinajstić information content (AvgIpc) is 2.61. The molecule has 1 heterocycles. The Morgan fingerprint density at radius 3 is 2.30 bits per heavy atom. The first-order valence-electron chi connectivity index (χ1n) is 8.96. The maximum atomic E-state index is 12.8. The molecule has 6 heteroatoms. The van der Waals surface area contributed by atoms with Crippen LogP contribution in [0.3, 0.4) is 0 Å². The fraction of sp³-hybridized carbons (Fsp3) is 0.381. The van der Waals surface area contributed by atoms with E-state index in [0.29, 0.717) is 26.1 Å². The summed E-state index contributed by atoms with van der Waals surface area (Å²) in [5.41, 5.74) is 1.31. The van der Waals surface area contributed by atoms with Crippen LogP contribution in [0.4, 0.5) is 13.2 Å². The highest BCUT2D eigenvalue weighted by molar-refractivity contribution is 5.67. The minimum atomic E-state index is -4.35. The number of hydrogen-bond acceptors (Lipinski definition) is 2. The highest BCUT2D eigenvalue weighted by atomic mass is 19.4. The lowest BCUT2D eigenvalue weighted by atomic mass is 9.82. The molecule has 2 atom stereocenters. The quantitative estimate of drug-likeness (QED) is 0.815. The topological polar surface area (TPSA) is 40.5 Å². The van der Waals surface area contributed by atoms with E-state index in [-0.39, 0.29) is 18.3 Å². The summed E-state index contributed by atoms with van der Waals surface area (Å²) < 4.78 is 38.4. The van der Waals surface area contributed by atoms with Gasteiger partial charge >= 0.3 is 12.1 Å². The van der Waals surface area contributed by atoms with Gasteiger partial charge in [-0.2, -0.15) is 13.2 Å². The number of hydrogen-bond donors (Lipinski definition) is 1. The molecule has 0 aliphatic carbocycles. The molecule has 2 unspecified atom stereocenters. The molecule has 0 bridgehead atoms. The van der Waals surface area contributed by atoms with Crippen LogP contribution in [0.5, 0.6) is 0 Å². The van der Waals surface area contributed by atoms with E-state index in [2.05, 4.69) is 4.90 Å². The molecule has 27 heavy (non-hydrogen) atoms. The molecule has 1 aliphatic rings. The third-order valence-electron chi connectivity index (χ3n) is 5.03. The lowest BCUT2D eigenvalue weighted by molar-refractivity contribution is -0.139. The van der Waals surface area contributed by atoms with Gasteiger partial charge in [-0.25, -0.2) is 0 Å². The van der Waals surface area contributed by atoms with Crippen LogP contribution in [0.15, 0.2) is 54.6 Å². The van der Waals surface area contributed by atoms with E-state index in [1.54, 1.807) is 0 Å². The second kappa shape index (κ2) is 8.13. The number of alkyl halides is 3. The molecule has 2 aromatic rings. The van der Waals surface area contributed by atoms with Crippen molar-refractivity contribution in [1.82, 2.24) is 4.90 Å². The molecule has 0 radical (unpaired) electrons. The van der Waals surface area contributed by atoms with Gasteiger partial charge < -0.3 is 5.11 Å². The van der Waals surface area contributed by atoms with Crippen molar-refractivity contribution < 1.29 is 23.1 Å². The van der Waals surface area contributed by atoms with Crippen LogP contribution in [0, 0.1) is 5.92 Å². The second-order valence-corrected chi connectivity index (χ2v) is 7.20. The minimum Gasteiger partial charge on any atom is -0.481 e. The number of carboxylic acid groups (broad SMARTS) is 1. The van der Waals surface area contributed by atoms with E-state index >= 15 is 0 Å². The van der Waals surface area contributed by atoms with Crippen LogP contribution in [0.2, 0.25) is 0 Å². The van der Waals surface area contributed by atoms with Crippen molar-refractivity contribution in [2.24, 2.45) is 5.92 Å². The first-order chi connectivity index (χ1) is 12.8. The van der Waals surface area contributed by atoms with E-state index in [4.69, 9.17) is 0 Å². The summed E-state index contributed by atoms with van der Waals surface area (Å²) in [5.74, 6) is -0.839. The molecular formula is C21H22F3NO2. The van der Waals surface area contributed by atoms with Crippen LogP contribution in [-0.2, 0) is 17.5 Å². The van der Waals surface area contributed by atoms with Gasteiger partial charge in [0.25, 0.3) is 0 Å². The van der Waals surface area contributed by atoms with Crippen molar-refractivity contribution in [1.29, 1.82) is 0 Å². The molecule has 1 N–H and O–H groups in total. The summed E-state index contributed by atoms with van der Waals surface area (Å²) in [5, 5.41) is 9.18. The highest BCUT2D eigenvalue weighted by Crippen LogP contribution is 2.35. The molecular weight excluding hydrogens is 355 g/mol. The predicted molar refractivity (Wildman–Crippen MR) is 96.3 cm³/mol. The number of aliphatic carboxylic acids is 1. The molecule has 3 nitrogen and oxygen atoms in total. The van der Waals surface area contributed by atoms with Crippen LogP contribution < -0.4 is 0 Å². The number of piperidine rings is 1. The summed E-state index contributed by atoms with van der Waals surface area (Å²) in [7, 11) is 0. The Morgan fingerprint density at radius 2 is 1.70 bits per heavy atom. The van der Waals surface area contributed by atoms with Gasteiger partial charge in [-0.3, -0.25) is 9.69 Å². The maximum absolute atomic E-state index is 12.8. The summed E-state index contributed by atoms with van der Waals surface area (Å²) >= 11 is 0. The number of carbonyl (C=O) groups is 1. The molecule has 0 spiro atoms. The maximum Gasteiger partial charge on any atom is 0.416 e. The Balaban J connectivity index is 1.77. The Labute approximate surface area is 156 Å². The third-order valence-corrected chi connectivity index (χ3v) is 5.03. The largest absolute Gasteiger partial charge is 0.481 e. The standard InChI is InChI=1S/C21H22F3NO2/c22-21(23,24)19-8-6-17(7-9-19)18-10-16(11-20(26)27)13-25(14-18)12-15-4-2-1-3-5-15/h1-9,16,18H,10-14H2,(H,26,27). The Morgan fingerprint density at radius 1 is 1.04 bits per heavy atom. The molecule has 0 saturated carbocycles. The molecule has 0 amide bonds. The number of carboxylic acids is 1. The molecule has 0 aromatic heterocycles. The number of halogens is 3. The number of rotatable bonds is 5. The van der Waals surface area contributed by atoms with Crippen molar-refractivity contribution in [3.05, 3.63) is 71.3 Å². The Hall–Kier alpha value is -2.34. The average molecular weight is 377 g/mol. The molecule has 2 aromatic carbocycles. The zero-order chi connectivity index (χ0) is 19.4. The zero-order valence-electron chi connectivity index (χ0n) is 14.8. The molecule has 1 aliphatic heterocycles. The normalized spacial score (nSPS) is 21.1. The fourth-order valence-electron chi connectivity index (χ4n) is 3.85. The zero-order valence-corrected chi connectivity index (χ0v) is 14.8. The number of benzene rings is 2. The first-order valence-corrected chi connectivity index (χ1v) is 8.96. The molecule has 1 saturated heterocycles. The van der Waals surface area contributed by atoms with Crippen LogP contribution in [-0.4, -0.2) is 29.1 Å². The van der Waals surface area contributed by atoms with E-state index in [9.17, 15) is 23.1 Å². The van der Waals surface area contributed by atoms with Crippen LogP contribution >= 0.6 is 0 Å². The summed E-state index contributed by atoms with van der Waals surface area (Å²) in [6.07, 6.45) is -3.61. The van der Waals surface area contributed by atoms with Crippen molar-refractivity contribution in [3.8, 4) is 0 Å². The van der Waals surface area contributed by atoms with Gasteiger partial charge in [-0.05, 0) is 41.5 Å².